The lowest BCUT2D eigenvalue weighted by Gasteiger charge is -2.17. The lowest BCUT2D eigenvalue weighted by atomic mass is 10.2. The number of nitrogens with one attached hydrogen (secondary N) is 2. The van der Waals surface area contributed by atoms with E-state index >= 15 is 0 Å². The molecule has 0 aliphatic heterocycles. The lowest BCUT2D eigenvalue weighted by molar-refractivity contribution is -0.122. The number of carbonyl (C=O) groups excluding carboxylic acids is 2. The fourth-order valence-electron chi connectivity index (χ4n) is 2.21. The van der Waals surface area contributed by atoms with Crippen LogP contribution in [-0.4, -0.2) is 38.6 Å². The van der Waals surface area contributed by atoms with Crippen LogP contribution in [0.5, 0.6) is 0 Å². The standard InChI is InChI=1S/C17H17N3O5S/c18-7-8-19-17(22)15(20-16(21)14-6-9-25-10-14)12-26(23,24)11-13-4-2-1-3-5-13/h1-6,9-10,15H,8,11-12H2,(H,19,22)(H,20,21). The van der Waals surface area contributed by atoms with Crippen molar-refractivity contribution in [3.05, 3.63) is 60.1 Å². The van der Waals surface area contributed by atoms with Gasteiger partial charge in [-0.1, -0.05) is 30.3 Å². The Morgan fingerprint density at radius 1 is 1.19 bits per heavy atom. The van der Waals surface area contributed by atoms with E-state index in [4.69, 9.17) is 9.68 Å². The normalized spacial score (nSPS) is 12.0. The van der Waals surface area contributed by atoms with Crippen LogP contribution >= 0.6 is 0 Å². The van der Waals surface area contributed by atoms with Gasteiger partial charge in [-0.05, 0) is 11.6 Å². The van der Waals surface area contributed by atoms with Crippen LogP contribution in [0, 0.1) is 11.3 Å². The first-order chi connectivity index (χ1) is 12.4. The van der Waals surface area contributed by atoms with Crippen molar-refractivity contribution < 1.29 is 22.4 Å². The average Bonchev–Trinajstić information content (AvgIpc) is 3.14. The van der Waals surface area contributed by atoms with E-state index in [0.29, 0.717) is 5.56 Å². The summed E-state index contributed by atoms with van der Waals surface area (Å²) in [4.78, 5) is 24.3. The van der Waals surface area contributed by atoms with Crippen molar-refractivity contribution in [2.75, 3.05) is 12.3 Å². The first-order valence-electron chi connectivity index (χ1n) is 7.63. The van der Waals surface area contributed by atoms with Crippen LogP contribution in [0.2, 0.25) is 0 Å². The maximum atomic E-state index is 12.4. The third-order valence-electron chi connectivity index (χ3n) is 3.40. The van der Waals surface area contributed by atoms with E-state index in [2.05, 4.69) is 10.6 Å². The molecule has 1 aromatic carbocycles. The molecule has 0 fully saturated rings. The second-order valence-electron chi connectivity index (χ2n) is 5.45. The first-order valence-corrected chi connectivity index (χ1v) is 9.45. The summed E-state index contributed by atoms with van der Waals surface area (Å²) in [7, 11) is -3.70. The van der Waals surface area contributed by atoms with Gasteiger partial charge in [-0.2, -0.15) is 5.26 Å². The quantitative estimate of drug-likeness (QED) is 0.651. The second kappa shape index (κ2) is 8.82. The number of benzene rings is 1. The number of carbonyl (C=O) groups is 2. The molecule has 0 spiro atoms. The van der Waals surface area contributed by atoms with Crippen molar-refractivity contribution in [3.63, 3.8) is 0 Å². The molecule has 8 nitrogen and oxygen atoms in total. The molecule has 136 valence electrons. The third kappa shape index (κ3) is 5.75. The van der Waals surface area contributed by atoms with Gasteiger partial charge in [0, 0.05) is 0 Å². The van der Waals surface area contributed by atoms with Gasteiger partial charge in [0.2, 0.25) is 5.91 Å². The summed E-state index contributed by atoms with van der Waals surface area (Å²) in [6.07, 6.45) is 2.46. The van der Waals surface area contributed by atoms with Crippen molar-refractivity contribution in [1.29, 1.82) is 5.26 Å². The number of hydrogen-bond acceptors (Lipinski definition) is 6. The van der Waals surface area contributed by atoms with Gasteiger partial charge in [-0.3, -0.25) is 9.59 Å². The molecular formula is C17H17N3O5S. The lowest BCUT2D eigenvalue weighted by Crippen LogP contribution is -2.50. The van der Waals surface area contributed by atoms with E-state index in [9.17, 15) is 18.0 Å². The number of amides is 2. The van der Waals surface area contributed by atoms with Crippen molar-refractivity contribution in [1.82, 2.24) is 10.6 Å². The van der Waals surface area contributed by atoms with Crippen LogP contribution in [0.1, 0.15) is 15.9 Å². The van der Waals surface area contributed by atoms with E-state index < -0.39 is 33.4 Å². The Balaban J connectivity index is 2.13. The van der Waals surface area contributed by atoms with Gasteiger partial charge < -0.3 is 15.1 Å². The molecule has 1 aromatic heterocycles. The Bertz CT molecular complexity index is 886. The molecule has 2 N–H and O–H groups in total. The molecule has 0 saturated carbocycles. The summed E-state index contributed by atoms with van der Waals surface area (Å²) in [5.41, 5.74) is 0.730. The molecular weight excluding hydrogens is 358 g/mol. The smallest absolute Gasteiger partial charge is 0.255 e. The molecule has 26 heavy (non-hydrogen) atoms. The Hall–Kier alpha value is -3.12. The third-order valence-corrected chi connectivity index (χ3v) is 5.01. The van der Waals surface area contributed by atoms with E-state index in [-0.39, 0.29) is 17.9 Å². The van der Waals surface area contributed by atoms with Crippen molar-refractivity contribution in [2.24, 2.45) is 0 Å². The molecule has 2 amide bonds. The van der Waals surface area contributed by atoms with Gasteiger partial charge in [0.15, 0.2) is 9.84 Å². The fourth-order valence-corrected chi connectivity index (χ4v) is 3.77. The van der Waals surface area contributed by atoms with Gasteiger partial charge in [-0.25, -0.2) is 8.42 Å². The molecule has 0 aliphatic carbocycles. The van der Waals surface area contributed by atoms with Crippen LogP contribution in [-0.2, 0) is 20.4 Å². The maximum Gasteiger partial charge on any atom is 0.255 e. The van der Waals surface area contributed by atoms with Gasteiger partial charge in [-0.15, -0.1) is 0 Å². The summed E-state index contributed by atoms with van der Waals surface area (Å²) >= 11 is 0. The molecule has 2 aromatic rings. The Morgan fingerprint density at radius 2 is 1.92 bits per heavy atom. The highest BCUT2D eigenvalue weighted by Gasteiger charge is 2.28. The highest BCUT2D eigenvalue weighted by atomic mass is 32.2. The van der Waals surface area contributed by atoms with Gasteiger partial charge in [0.05, 0.1) is 29.4 Å². The Kier molecular flexibility index (Phi) is 6.52. The predicted molar refractivity (Wildman–Crippen MR) is 92.5 cm³/mol. The summed E-state index contributed by atoms with van der Waals surface area (Å²) in [5, 5.41) is 13.2. The van der Waals surface area contributed by atoms with Crippen LogP contribution in [0.25, 0.3) is 0 Å². The number of nitriles is 1. The molecule has 0 radical (unpaired) electrons. The molecule has 0 saturated heterocycles. The van der Waals surface area contributed by atoms with E-state index in [0.717, 1.165) is 0 Å². The van der Waals surface area contributed by atoms with E-state index in [1.165, 1.54) is 18.6 Å². The number of hydrogen-bond donors (Lipinski definition) is 2. The zero-order chi connectivity index (χ0) is 19.0. The number of sulfone groups is 1. The molecule has 9 heteroatoms. The highest BCUT2D eigenvalue weighted by molar-refractivity contribution is 7.90. The van der Waals surface area contributed by atoms with Crippen molar-refractivity contribution in [3.8, 4) is 6.07 Å². The van der Waals surface area contributed by atoms with Gasteiger partial charge >= 0.3 is 0 Å². The SMILES string of the molecule is N#CCNC(=O)C(CS(=O)(=O)Cc1ccccc1)NC(=O)c1ccoc1. The van der Waals surface area contributed by atoms with Crippen molar-refractivity contribution >= 4 is 21.7 Å². The summed E-state index contributed by atoms with van der Waals surface area (Å²) in [5.74, 6) is -2.26. The fraction of sp³-hybridized carbons (Fsp3) is 0.235. The van der Waals surface area contributed by atoms with Crippen LogP contribution in [0.3, 0.4) is 0 Å². The summed E-state index contributed by atoms with van der Waals surface area (Å²) in [6, 6.07) is 10.3. The minimum absolute atomic E-state index is 0.156. The van der Waals surface area contributed by atoms with E-state index in [1.807, 2.05) is 0 Å². The largest absolute Gasteiger partial charge is 0.472 e. The molecule has 0 bridgehead atoms. The topological polar surface area (TPSA) is 129 Å². The molecule has 2 rings (SSSR count). The van der Waals surface area contributed by atoms with Gasteiger partial charge in [0.1, 0.15) is 18.8 Å². The maximum absolute atomic E-state index is 12.4. The van der Waals surface area contributed by atoms with Crippen LogP contribution in [0.15, 0.2) is 53.3 Å². The van der Waals surface area contributed by atoms with Gasteiger partial charge in [0.25, 0.3) is 5.91 Å². The highest BCUT2D eigenvalue weighted by Crippen LogP contribution is 2.08. The first kappa shape index (κ1) is 19.2. The Labute approximate surface area is 150 Å². The van der Waals surface area contributed by atoms with E-state index in [1.54, 1.807) is 36.4 Å². The van der Waals surface area contributed by atoms with Crippen LogP contribution in [0.4, 0.5) is 0 Å². The zero-order valence-electron chi connectivity index (χ0n) is 13.7. The minimum atomic E-state index is -3.70. The molecule has 1 unspecified atom stereocenters. The van der Waals surface area contributed by atoms with Crippen molar-refractivity contribution in [2.45, 2.75) is 11.8 Å². The molecule has 1 atom stereocenters. The minimum Gasteiger partial charge on any atom is -0.472 e. The summed E-state index contributed by atoms with van der Waals surface area (Å²) in [6.45, 7) is -0.296. The molecule has 1 heterocycles. The number of rotatable bonds is 8. The van der Waals surface area contributed by atoms with Crippen LogP contribution < -0.4 is 10.6 Å². The Morgan fingerprint density at radius 3 is 2.54 bits per heavy atom. The average molecular weight is 375 g/mol. The predicted octanol–water partition coefficient (Wildman–Crippen LogP) is 0.633. The molecule has 0 aliphatic rings. The number of nitrogens with zero attached hydrogens (tertiary/aromatic N) is 1. The zero-order valence-corrected chi connectivity index (χ0v) is 14.5. The monoisotopic (exact) mass is 375 g/mol. The second-order valence-corrected chi connectivity index (χ2v) is 7.56. The summed E-state index contributed by atoms with van der Waals surface area (Å²) < 4.78 is 29.7. The number of furan rings is 1.